The highest BCUT2D eigenvalue weighted by molar-refractivity contribution is 6.30. The van der Waals surface area contributed by atoms with Crippen LogP contribution in [0, 0.1) is 15.9 Å². The molecule has 1 aliphatic heterocycles. The van der Waals surface area contributed by atoms with Gasteiger partial charge in [-0.2, -0.15) is 0 Å². The van der Waals surface area contributed by atoms with Crippen LogP contribution in [0.3, 0.4) is 0 Å². The molecule has 160 valence electrons. The first-order chi connectivity index (χ1) is 14.3. The predicted octanol–water partition coefficient (Wildman–Crippen LogP) is 3.78. The van der Waals surface area contributed by atoms with Gasteiger partial charge in [0, 0.05) is 37.3 Å². The van der Waals surface area contributed by atoms with Crippen LogP contribution >= 0.6 is 11.6 Å². The molecule has 1 heterocycles. The molecule has 0 saturated carbocycles. The zero-order chi connectivity index (χ0) is 21.8. The van der Waals surface area contributed by atoms with E-state index in [1.54, 1.807) is 24.3 Å². The number of piperazine rings is 1. The van der Waals surface area contributed by atoms with Gasteiger partial charge in [-0.25, -0.2) is 4.39 Å². The third kappa shape index (κ3) is 5.06. The van der Waals surface area contributed by atoms with Gasteiger partial charge in [0.05, 0.1) is 17.0 Å². The van der Waals surface area contributed by atoms with E-state index in [-0.39, 0.29) is 29.5 Å². The molecule has 0 aromatic heterocycles. The molecule has 2 atom stereocenters. The maximum absolute atomic E-state index is 13.1. The number of amides is 1. The maximum atomic E-state index is 13.1. The molecular formula is C21H24ClFN4O3. The van der Waals surface area contributed by atoms with Crippen LogP contribution in [0.4, 0.5) is 15.8 Å². The average Bonchev–Trinajstić information content (AvgIpc) is 2.73. The van der Waals surface area contributed by atoms with Crippen molar-refractivity contribution in [2.75, 3.05) is 31.1 Å². The molecule has 2 unspecified atom stereocenters. The zero-order valence-electron chi connectivity index (χ0n) is 16.8. The second-order valence-corrected chi connectivity index (χ2v) is 7.81. The molecule has 1 saturated heterocycles. The van der Waals surface area contributed by atoms with Crippen LogP contribution in [0.5, 0.6) is 0 Å². The van der Waals surface area contributed by atoms with E-state index in [0.29, 0.717) is 36.9 Å². The monoisotopic (exact) mass is 434 g/mol. The maximum Gasteiger partial charge on any atom is 0.294 e. The number of carbonyl (C=O) groups excluding carboxylic acids is 1. The molecule has 1 aliphatic rings. The Hall–Kier alpha value is -2.71. The number of rotatable bonds is 6. The highest BCUT2D eigenvalue weighted by Crippen LogP contribution is 2.31. The molecule has 7 nitrogen and oxygen atoms in total. The summed E-state index contributed by atoms with van der Waals surface area (Å²) in [6.07, 6.45) is 0. The number of nitro groups is 1. The Morgan fingerprint density at radius 1 is 1.13 bits per heavy atom. The number of carbonyl (C=O) groups is 1. The smallest absolute Gasteiger partial charge is 0.294 e. The summed E-state index contributed by atoms with van der Waals surface area (Å²) in [7, 11) is 0. The SMILES string of the molecule is CC(NC(=O)C(C)N1CCN(c2ccc(Cl)cc2[N+](=O)[O-])CC1)c1ccc(F)cc1. The Morgan fingerprint density at radius 2 is 1.77 bits per heavy atom. The Balaban J connectivity index is 1.58. The minimum atomic E-state index is -0.430. The largest absolute Gasteiger partial charge is 0.363 e. The van der Waals surface area contributed by atoms with Gasteiger partial charge < -0.3 is 10.2 Å². The van der Waals surface area contributed by atoms with E-state index < -0.39 is 4.92 Å². The summed E-state index contributed by atoms with van der Waals surface area (Å²) in [5.41, 5.74) is 1.35. The Morgan fingerprint density at radius 3 is 2.37 bits per heavy atom. The van der Waals surface area contributed by atoms with Gasteiger partial charge in [-0.3, -0.25) is 19.8 Å². The summed E-state index contributed by atoms with van der Waals surface area (Å²) in [5.74, 6) is -0.429. The molecule has 1 amide bonds. The number of nitro benzene ring substituents is 1. The van der Waals surface area contributed by atoms with Gasteiger partial charge in [-0.05, 0) is 43.7 Å². The fourth-order valence-electron chi connectivity index (χ4n) is 3.59. The Kier molecular flexibility index (Phi) is 6.89. The van der Waals surface area contributed by atoms with E-state index in [2.05, 4.69) is 5.32 Å². The minimum Gasteiger partial charge on any atom is -0.363 e. The quantitative estimate of drug-likeness (QED) is 0.553. The predicted molar refractivity (Wildman–Crippen MR) is 114 cm³/mol. The number of benzene rings is 2. The second kappa shape index (κ2) is 9.40. The highest BCUT2D eigenvalue weighted by Gasteiger charge is 2.29. The van der Waals surface area contributed by atoms with E-state index in [0.717, 1.165) is 5.56 Å². The van der Waals surface area contributed by atoms with Crippen molar-refractivity contribution in [1.82, 2.24) is 10.2 Å². The number of hydrogen-bond acceptors (Lipinski definition) is 5. The van der Waals surface area contributed by atoms with Crippen LogP contribution < -0.4 is 10.2 Å². The lowest BCUT2D eigenvalue weighted by Gasteiger charge is -2.38. The van der Waals surface area contributed by atoms with Crippen LogP contribution in [0.2, 0.25) is 5.02 Å². The summed E-state index contributed by atoms with van der Waals surface area (Å²) >= 11 is 5.90. The van der Waals surface area contributed by atoms with Gasteiger partial charge in [0.2, 0.25) is 5.91 Å². The topological polar surface area (TPSA) is 78.7 Å². The van der Waals surface area contributed by atoms with Crippen LogP contribution in [-0.2, 0) is 4.79 Å². The Bertz CT molecular complexity index is 917. The van der Waals surface area contributed by atoms with Gasteiger partial charge in [0.15, 0.2) is 0 Å². The van der Waals surface area contributed by atoms with Crippen molar-refractivity contribution < 1.29 is 14.1 Å². The molecule has 30 heavy (non-hydrogen) atoms. The van der Waals surface area contributed by atoms with Gasteiger partial charge in [-0.15, -0.1) is 0 Å². The van der Waals surface area contributed by atoms with E-state index in [1.807, 2.05) is 23.6 Å². The van der Waals surface area contributed by atoms with Crippen LogP contribution in [0.15, 0.2) is 42.5 Å². The molecule has 1 N–H and O–H groups in total. The molecule has 0 spiro atoms. The minimum absolute atomic E-state index is 0.0186. The molecular weight excluding hydrogens is 411 g/mol. The van der Waals surface area contributed by atoms with E-state index in [9.17, 15) is 19.3 Å². The highest BCUT2D eigenvalue weighted by atomic mass is 35.5. The molecule has 0 radical (unpaired) electrons. The number of anilines is 1. The first-order valence-corrected chi connectivity index (χ1v) is 10.1. The average molecular weight is 435 g/mol. The molecule has 2 aromatic carbocycles. The summed E-state index contributed by atoms with van der Waals surface area (Å²) in [6, 6.07) is 10.1. The first kappa shape index (κ1) is 22.0. The third-order valence-electron chi connectivity index (χ3n) is 5.45. The van der Waals surface area contributed by atoms with Crippen molar-refractivity contribution in [3.63, 3.8) is 0 Å². The number of nitrogens with one attached hydrogen (secondary N) is 1. The van der Waals surface area contributed by atoms with Crippen molar-refractivity contribution >= 4 is 28.9 Å². The lowest BCUT2D eigenvalue weighted by molar-refractivity contribution is -0.384. The summed E-state index contributed by atoms with van der Waals surface area (Å²) in [6.45, 7) is 6.02. The van der Waals surface area contributed by atoms with Crippen molar-refractivity contribution in [2.24, 2.45) is 0 Å². The third-order valence-corrected chi connectivity index (χ3v) is 5.68. The number of hydrogen-bond donors (Lipinski definition) is 1. The van der Waals surface area contributed by atoms with Crippen molar-refractivity contribution in [1.29, 1.82) is 0 Å². The molecule has 1 fully saturated rings. The fourth-order valence-corrected chi connectivity index (χ4v) is 3.76. The van der Waals surface area contributed by atoms with Crippen LogP contribution in [0.25, 0.3) is 0 Å². The lowest BCUT2D eigenvalue weighted by Crippen LogP contribution is -2.54. The molecule has 0 bridgehead atoms. The first-order valence-electron chi connectivity index (χ1n) is 9.75. The lowest BCUT2D eigenvalue weighted by atomic mass is 10.1. The van der Waals surface area contributed by atoms with E-state index in [4.69, 9.17) is 11.6 Å². The summed E-state index contributed by atoms with van der Waals surface area (Å²) in [4.78, 5) is 27.6. The van der Waals surface area contributed by atoms with E-state index >= 15 is 0 Å². The fraction of sp³-hybridized carbons (Fsp3) is 0.381. The number of halogens is 2. The standard InChI is InChI=1S/C21H24ClFN4O3/c1-14(16-3-6-18(23)7-4-16)24-21(28)15(2)25-9-11-26(12-10-25)19-8-5-17(22)13-20(19)27(29)30/h3-8,13-15H,9-12H2,1-2H3,(H,24,28). The summed E-state index contributed by atoms with van der Waals surface area (Å²) < 4.78 is 13.1. The van der Waals surface area contributed by atoms with Crippen molar-refractivity contribution in [2.45, 2.75) is 25.9 Å². The van der Waals surface area contributed by atoms with Crippen LogP contribution in [-0.4, -0.2) is 48.0 Å². The second-order valence-electron chi connectivity index (χ2n) is 7.37. The van der Waals surface area contributed by atoms with Crippen molar-refractivity contribution in [3.8, 4) is 0 Å². The van der Waals surface area contributed by atoms with E-state index in [1.165, 1.54) is 18.2 Å². The molecule has 0 aliphatic carbocycles. The normalized spacial score (nSPS) is 16.7. The van der Waals surface area contributed by atoms with Gasteiger partial charge in [0.25, 0.3) is 5.69 Å². The molecule has 2 aromatic rings. The van der Waals surface area contributed by atoms with Crippen LogP contribution in [0.1, 0.15) is 25.5 Å². The van der Waals surface area contributed by atoms with Crippen molar-refractivity contribution in [3.05, 3.63) is 69.0 Å². The zero-order valence-corrected chi connectivity index (χ0v) is 17.6. The Labute approximate surface area is 179 Å². The molecule has 9 heteroatoms. The van der Waals surface area contributed by atoms with Gasteiger partial charge in [0.1, 0.15) is 11.5 Å². The van der Waals surface area contributed by atoms with Gasteiger partial charge in [-0.1, -0.05) is 23.7 Å². The number of nitrogens with zero attached hydrogens (tertiary/aromatic N) is 3. The summed E-state index contributed by atoms with van der Waals surface area (Å²) in [5, 5.41) is 14.6. The van der Waals surface area contributed by atoms with Gasteiger partial charge >= 0.3 is 0 Å². The molecule has 3 rings (SSSR count).